The highest BCUT2D eigenvalue weighted by atomic mass is 16.7. The van der Waals surface area contributed by atoms with Gasteiger partial charge in [-0.1, -0.05) is 24.3 Å². The predicted molar refractivity (Wildman–Crippen MR) is 89.0 cm³/mol. The molecule has 1 amide bonds. The first-order valence-electron chi connectivity index (χ1n) is 7.69. The standard InChI is InChI=1S/C17H26BNO3/c1-12(20)19-15(2,3)13-8-10-14(11-9-13)18-21-16(4,5)17(6,7)22-18/h8-11H,1-7H3,(H,19,20). The minimum atomic E-state index is -0.402. The number of rotatable bonds is 3. The maximum Gasteiger partial charge on any atom is 0.494 e. The summed E-state index contributed by atoms with van der Waals surface area (Å²) in [6, 6.07) is 8.02. The average Bonchev–Trinajstić information content (AvgIpc) is 2.57. The zero-order valence-electron chi connectivity index (χ0n) is 14.6. The second-order valence-corrected chi connectivity index (χ2v) is 7.52. The van der Waals surface area contributed by atoms with Crippen molar-refractivity contribution in [3.05, 3.63) is 29.8 Å². The van der Waals surface area contributed by atoms with E-state index in [1.165, 1.54) is 6.92 Å². The molecule has 1 aliphatic rings. The number of hydrogen-bond acceptors (Lipinski definition) is 3. The average molecular weight is 303 g/mol. The molecule has 0 atom stereocenters. The van der Waals surface area contributed by atoms with E-state index in [0.29, 0.717) is 0 Å². The molecule has 5 heteroatoms. The van der Waals surface area contributed by atoms with E-state index >= 15 is 0 Å². The van der Waals surface area contributed by atoms with E-state index in [2.05, 4.69) is 5.32 Å². The van der Waals surface area contributed by atoms with Crippen molar-refractivity contribution in [3.8, 4) is 0 Å². The second-order valence-electron chi connectivity index (χ2n) is 7.52. The first-order valence-corrected chi connectivity index (χ1v) is 7.69. The van der Waals surface area contributed by atoms with Gasteiger partial charge in [-0.25, -0.2) is 0 Å². The summed E-state index contributed by atoms with van der Waals surface area (Å²) >= 11 is 0. The lowest BCUT2D eigenvalue weighted by Crippen LogP contribution is -2.41. The van der Waals surface area contributed by atoms with Gasteiger partial charge in [0.05, 0.1) is 16.7 Å². The molecule has 1 N–H and O–H groups in total. The molecular weight excluding hydrogens is 277 g/mol. The summed E-state index contributed by atoms with van der Waals surface area (Å²) in [4.78, 5) is 11.3. The molecule has 1 aliphatic heterocycles. The van der Waals surface area contributed by atoms with Crippen molar-refractivity contribution in [2.75, 3.05) is 0 Å². The number of amides is 1. The summed E-state index contributed by atoms with van der Waals surface area (Å²) < 4.78 is 12.1. The number of nitrogens with one attached hydrogen (secondary N) is 1. The molecule has 1 aromatic rings. The molecule has 0 aromatic heterocycles. The monoisotopic (exact) mass is 303 g/mol. The Hall–Kier alpha value is -1.33. The predicted octanol–water partition coefficient (Wildman–Crippen LogP) is 2.36. The molecule has 1 saturated heterocycles. The zero-order valence-corrected chi connectivity index (χ0v) is 14.6. The molecule has 0 saturated carbocycles. The Bertz CT molecular complexity index is 548. The third-order valence-corrected chi connectivity index (χ3v) is 4.65. The number of benzene rings is 1. The van der Waals surface area contributed by atoms with Crippen LogP contribution in [-0.2, 0) is 19.6 Å². The van der Waals surface area contributed by atoms with E-state index in [4.69, 9.17) is 9.31 Å². The first kappa shape index (κ1) is 17.0. The summed E-state index contributed by atoms with van der Waals surface area (Å²) in [6.45, 7) is 13.7. The molecule has 22 heavy (non-hydrogen) atoms. The van der Waals surface area contributed by atoms with Gasteiger partial charge in [-0.05, 0) is 52.6 Å². The van der Waals surface area contributed by atoms with Gasteiger partial charge in [-0.15, -0.1) is 0 Å². The molecule has 2 rings (SSSR count). The van der Waals surface area contributed by atoms with Gasteiger partial charge >= 0.3 is 7.12 Å². The molecule has 0 aliphatic carbocycles. The highest BCUT2D eigenvalue weighted by molar-refractivity contribution is 6.62. The SMILES string of the molecule is CC(=O)NC(C)(C)c1ccc(B2OC(C)(C)C(C)(C)O2)cc1. The molecule has 0 radical (unpaired) electrons. The lowest BCUT2D eigenvalue weighted by molar-refractivity contribution is -0.120. The minimum Gasteiger partial charge on any atom is -0.399 e. The van der Waals surface area contributed by atoms with Crippen LogP contribution >= 0.6 is 0 Å². The van der Waals surface area contributed by atoms with E-state index in [9.17, 15) is 4.79 Å². The van der Waals surface area contributed by atoms with Gasteiger partial charge in [-0.3, -0.25) is 4.79 Å². The van der Waals surface area contributed by atoms with Crippen molar-refractivity contribution in [1.82, 2.24) is 5.32 Å². The third kappa shape index (κ3) is 3.20. The number of carbonyl (C=O) groups is 1. The van der Waals surface area contributed by atoms with Gasteiger partial charge in [0.25, 0.3) is 0 Å². The van der Waals surface area contributed by atoms with E-state index in [0.717, 1.165) is 11.0 Å². The Labute approximate surface area is 133 Å². The van der Waals surface area contributed by atoms with E-state index in [-0.39, 0.29) is 24.2 Å². The molecule has 1 heterocycles. The summed E-state index contributed by atoms with van der Waals surface area (Å²) in [6.07, 6.45) is 0. The smallest absolute Gasteiger partial charge is 0.399 e. The fourth-order valence-corrected chi connectivity index (χ4v) is 2.55. The quantitative estimate of drug-likeness (QED) is 0.872. The van der Waals surface area contributed by atoms with E-state index < -0.39 is 5.54 Å². The highest BCUT2D eigenvalue weighted by Crippen LogP contribution is 2.36. The molecule has 4 nitrogen and oxygen atoms in total. The summed E-state index contributed by atoms with van der Waals surface area (Å²) in [7, 11) is -0.358. The van der Waals surface area contributed by atoms with Crippen LogP contribution in [0.1, 0.15) is 54.0 Å². The largest absolute Gasteiger partial charge is 0.494 e. The van der Waals surface area contributed by atoms with Crippen molar-refractivity contribution in [2.24, 2.45) is 0 Å². The molecule has 1 fully saturated rings. The molecule has 1 aromatic carbocycles. The maximum atomic E-state index is 11.3. The molecule has 0 spiro atoms. The van der Waals surface area contributed by atoms with Gasteiger partial charge in [-0.2, -0.15) is 0 Å². The third-order valence-electron chi connectivity index (χ3n) is 4.65. The van der Waals surface area contributed by atoms with Crippen LogP contribution in [0.15, 0.2) is 24.3 Å². The number of carbonyl (C=O) groups excluding carboxylic acids is 1. The number of hydrogen-bond donors (Lipinski definition) is 1. The Morgan fingerprint density at radius 2 is 1.50 bits per heavy atom. The minimum absolute atomic E-state index is 0.0416. The maximum absolute atomic E-state index is 11.3. The Balaban J connectivity index is 2.19. The van der Waals surface area contributed by atoms with Crippen LogP contribution in [0.25, 0.3) is 0 Å². The van der Waals surface area contributed by atoms with Gasteiger partial charge in [0.15, 0.2) is 0 Å². The molecular formula is C17H26BNO3. The molecule has 120 valence electrons. The summed E-state index contributed by atoms with van der Waals surface area (Å²) in [5.41, 5.74) is 0.946. The topological polar surface area (TPSA) is 47.6 Å². The second kappa shape index (κ2) is 5.39. The van der Waals surface area contributed by atoms with E-state index in [1.807, 2.05) is 65.8 Å². The summed E-state index contributed by atoms with van der Waals surface area (Å²) in [5.74, 6) is -0.0416. The van der Waals surface area contributed by atoms with Crippen molar-refractivity contribution in [2.45, 2.75) is 65.2 Å². The fraction of sp³-hybridized carbons (Fsp3) is 0.588. The lowest BCUT2D eigenvalue weighted by Gasteiger charge is -2.32. The van der Waals surface area contributed by atoms with Crippen LogP contribution in [0.5, 0.6) is 0 Å². The Morgan fingerprint density at radius 1 is 1.05 bits per heavy atom. The molecule has 0 bridgehead atoms. The van der Waals surface area contributed by atoms with E-state index in [1.54, 1.807) is 0 Å². The van der Waals surface area contributed by atoms with Crippen LogP contribution in [0.3, 0.4) is 0 Å². The summed E-state index contributed by atoms with van der Waals surface area (Å²) in [5, 5.41) is 2.95. The van der Waals surface area contributed by atoms with Crippen LogP contribution in [0.4, 0.5) is 0 Å². The van der Waals surface area contributed by atoms with Crippen molar-refractivity contribution >= 4 is 18.5 Å². The Morgan fingerprint density at radius 3 is 1.91 bits per heavy atom. The Kier molecular flexibility index (Phi) is 4.17. The first-order chi connectivity index (χ1) is 9.95. The van der Waals surface area contributed by atoms with Crippen LogP contribution < -0.4 is 10.8 Å². The van der Waals surface area contributed by atoms with Crippen LogP contribution in [-0.4, -0.2) is 24.2 Å². The van der Waals surface area contributed by atoms with Gasteiger partial charge in [0, 0.05) is 6.92 Å². The van der Waals surface area contributed by atoms with Gasteiger partial charge in [0.2, 0.25) is 5.91 Å². The van der Waals surface area contributed by atoms with Crippen LogP contribution in [0.2, 0.25) is 0 Å². The zero-order chi connectivity index (χ0) is 16.8. The van der Waals surface area contributed by atoms with Gasteiger partial charge < -0.3 is 14.6 Å². The van der Waals surface area contributed by atoms with Crippen molar-refractivity contribution in [1.29, 1.82) is 0 Å². The molecule has 0 unspecified atom stereocenters. The van der Waals surface area contributed by atoms with Crippen LogP contribution in [0, 0.1) is 0 Å². The fourth-order valence-electron chi connectivity index (χ4n) is 2.55. The normalized spacial score (nSPS) is 20.0. The highest BCUT2D eigenvalue weighted by Gasteiger charge is 2.51. The van der Waals surface area contributed by atoms with Crippen molar-refractivity contribution < 1.29 is 14.1 Å². The van der Waals surface area contributed by atoms with Crippen molar-refractivity contribution in [3.63, 3.8) is 0 Å². The van der Waals surface area contributed by atoms with Gasteiger partial charge in [0.1, 0.15) is 0 Å². The lowest BCUT2D eigenvalue weighted by atomic mass is 9.78.